The van der Waals surface area contributed by atoms with Crippen molar-refractivity contribution in [3.63, 3.8) is 0 Å². The molecule has 7 heteroatoms. The van der Waals surface area contributed by atoms with Gasteiger partial charge in [-0.25, -0.2) is 4.79 Å². The highest BCUT2D eigenvalue weighted by Crippen LogP contribution is 2.21. The number of hydrogen-bond donors (Lipinski definition) is 3. The van der Waals surface area contributed by atoms with Crippen LogP contribution in [0.5, 0.6) is 5.75 Å². The fourth-order valence-electron chi connectivity index (χ4n) is 3.38. The number of carboxylic acid groups (broad SMARTS) is 1. The molecular weight excluding hydrogens is 410 g/mol. The number of amides is 1. The molecule has 0 radical (unpaired) electrons. The van der Waals surface area contributed by atoms with Gasteiger partial charge in [-0.15, -0.1) is 0 Å². The number of nitrogens with one attached hydrogen (secondary N) is 1. The summed E-state index contributed by atoms with van der Waals surface area (Å²) in [6.45, 7) is 5.26. The van der Waals surface area contributed by atoms with E-state index in [9.17, 15) is 19.8 Å². The van der Waals surface area contributed by atoms with Gasteiger partial charge in [0, 0.05) is 0 Å². The van der Waals surface area contributed by atoms with Gasteiger partial charge in [0.05, 0.1) is 25.2 Å². The van der Waals surface area contributed by atoms with Crippen molar-refractivity contribution in [2.24, 2.45) is 5.92 Å². The third-order valence-corrected chi connectivity index (χ3v) is 4.98. The molecule has 174 valence electrons. The highest BCUT2D eigenvalue weighted by atomic mass is 16.6. The first-order chi connectivity index (χ1) is 15.1. The zero-order valence-electron chi connectivity index (χ0n) is 19.1. The predicted molar refractivity (Wildman–Crippen MR) is 122 cm³/mol. The Bertz CT molecular complexity index is 860. The standard InChI is InChI=1S/C25H33NO6/c1-25(2,3)32-24(30)26-21(15-17-8-6-5-7-9-17)22(27)16-19(23(28)29)14-18-10-12-20(31-4)13-11-18/h5-13,19,21-22,27H,14-16H2,1-4H3,(H,26,30)(H,28,29)/t19-,21+,22+/m1/s1. The van der Waals surface area contributed by atoms with E-state index >= 15 is 0 Å². The van der Waals surface area contributed by atoms with Crippen LogP contribution in [0.25, 0.3) is 0 Å². The molecular formula is C25H33NO6. The number of benzene rings is 2. The molecule has 0 heterocycles. The number of alkyl carbamates (subject to hydrolysis) is 1. The molecule has 3 atom stereocenters. The van der Waals surface area contributed by atoms with Gasteiger partial charge >= 0.3 is 12.1 Å². The van der Waals surface area contributed by atoms with Crippen LogP contribution in [0.15, 0.2) is 54.6 Å². The molecule has 0 aliphatic carbocycles. The van der Waals surface area contributed by atoms with Crippen LogP contribution in [0.4, 0.5) is 4.79 Å². The molecule has 0 aliphatic heterocycles. The molecule has 3 N–H and O–H groups in total. The number of hydrogen-bond acceptors (Lipinski definition) is 5. The predicted octanol–water partition coefficient (Wildman–Crippen LogP) is 3.83. The Kier molecular flexibility index (Phi) is 9.08. The summed E-state index contributed by atoms with van der Waals surface area (Å²) in [5.74, 6) is -1.14. The van der Waals surface area contributed by atoms with E-state index in [-0.39, 0.29) is 12.8 Å². The van der Waals surface area contributed by atoms with Crippen LogP contribution in [-0.4, -0.2) is 47.1 Å². The van der Waals surface area contributed by atoms with Crippen LogP contribution in [-0.2, 0) is 22.4 Å². The Morgan fingerprint density at radius 2 is 1.56 bits per heavy atom. The molecule has 0 aromatic heterocycles. The lowest BCUT2D eigenvalue weighted by Gasteiger charge is -2.28. The minimum atomic E-state index is -1.08. The van der Waals surface area contributed by atoms with Crippen molar-refractivity contribution >= 4 is 12.1 Å². The Labute approximate surface area is 189 Å². The molecule has 0 saturated carbocycles. The van der Waals surface area contributed by atoms with E-state index in [1.165, 1.54) is 0 Å². The minimum absolute atomic E-state index is 0.0192. The highest BCUT2D eigenvalue weighted by Gasteiger charge is 2.29. The molecule has 32 heavy (non-hydrogen) atoms. The Morgan fingerprint density at radius 1 is 0.969 bits per heavy atom. The number of carbonyl (C=O) groups excluding carboxylic acids is 1. The maximum absolute atomic E-state index is 12.4. The number of carbonyl (C=O) groups is 2. The molecule has 2 aromatic rings. The summed E-state index contributed by atoms with van der Waals surface area (Å²) in [5.41, 5.74) is 1.05. The van der Waals surface area contributed by atoms with Gasteiger partial charge < -0.3 is 25.0 Å². The second-order valence-corrected chi connectivity index (χ2v) is 8.83. The largest absolute Gasteiger partial charge is 0.497 e. The van der Waals surface area contributed by atoms with Crippen LogP contribution in [0, 0.1) is 5.92 Å². The third kappa shape index (κ3) is 8.59. The van der Waals surface area contributed by atoms with Gasteiger partial charge in [-0.1, -0.05) is 42.5 Å². The molecule has 0 unspecified atom stereocenters. The summed E-state index contributed by atoms with van der Waals surface area (Å²) < 4.78 is 10.5. The van der Waals surface area contributed by atoms with E-state index in [0.717, 1.165) is 11.1 Å². The fourth-order valence-corrected chi connectivity index (χ4v) is 3.38. The Hall–Kier alpha value is -3.06. The first-order valence-corrected chi connectivity index (χ1v) is 10.6. The van der Waals surface area contributed by atoms with E-state index in [1.54, 1.807) is 40.0 Å². The van der Waals surface area contributed by atoms with Crippen LogP contribution >= 0.6 is 0 Å². The normalized spacial score (nSPS) is 14.2. The Morgan fingerprint density at radius 3 is 2.09 bits per heavy atom. The molecule has 2 rings (SSSR count). The van der Waals surface area contributed by atoms with E-state index in [0.29, 0.717) is 12.2 Å². The van der Waals surface area contributed by atoms with Crippen molar-refractivity contribution in [3.05, 3.63) is 65.7 Å². The number of carboxylic acids is 1. The maximum atomic E-state index is 12.4. The molecule has 1 amide bonds. The zero-order valence-corrected chi connectivity index (χ0v) is 19.1. The van der Waals surface area contributed by atoms with Gasteiger partial charge in [0.25, 0.3) is 0 Å². The topological polar surface area (TPSA) is 105 Å². The van der Waals surface area contributed by atoms with Gasteiger partial charge in [-0.3, -0.25) is 4.79 Å². The second-order valence-electron chi connectivity index (χ2n) is 8.83. The number of aliphatic hydroxyl groups excluding tert-OH is 1. The summed E-state index contributed by atoms with van der Waals surface area (Å²) in [5, 5.41) is 23.4. The van der Waals surface area contributed by atoms with Crippen LogP contribution in [0.2, 0.25) is 0 Å². The Balaban J connectivity index is 2.14. The van der Waals surface area contributed by atoms with Gasteiger partial charge in [-0.2, -0.15) is 0 Å². The average Bonchev–Trinajstić information content (AvgIpc) is 2.72. The van der Waals surface area contributed by atoms with E-state index < -0.39 is 35.7 Å². The minimum Gasteiger partial charge on any atom is -0.497 e. The summed E-state index contributed by atoms with van der Waals surface area (Å²) in [6.07, 6.45) is -1.16. The molecule has 2 aromatic carbocycles. The SMILES string of the molecule is COc1ccc(C[C@H](C[C@H](O)[C@H](Cc2ccccc2)NC(=O)OC(C)(C)C)C(=O)O)cc1. The molecule has 7 nitrogen and oxygen atoms in total. The zero-order chi connectivity index (χ0) is 23.7. The lowest BCUT2D eigenvalue weighted by Crippen LogP contribution is -2.47. The number of rotatable bonds is 10. The summed E-state index contributed by atoms with van der Waals surface area (Å²) >= 11 is 0. The van der Waals surface area contributed by atoms with Crippen molar-refractivity contribution in [1.29, 1.82) is 0 Å². The van der Waals surface area contributed by atoms with E-state index in [2.05, 4.69) is 5.32 Å². The molecule has 0 spiro atoms. The fraction of sp³-hybridized carbons (Fsp3) is 0.440. The maximum Gasteiger partial charge on any atom is 0.407 e. The first-order valence-electron chi connectivity index (χ1n) is 10.6. The van der Waals surface area contributed by atoms with Gasteiger partial charge in [0.2, 0.25) is 0 Å². The van der Waals surface area contributed by atoms with Crippen LogP contribution in [0.3, 0.4) is 0 Å². The number of aliphatic carboxylic acids is 1. The molecule has 0 saturated heterocycles. The third-order valence-electron chi connectivity index (χ3n) is 4.98. The monoisotopic (exact) mass is 443 g/mol. The molecule has 0 bridgehead atoms. The average molecular weight is 444 g/mol. The van der Waals surface area contributed by atoms with Crippen molar-refractivity contribution in [2.75, 3.05) is 7.11 Å². The number of methoxy groups -OCH3 is 1. The van der Waals surface area contributed by atoms with E-state index in [1.807, 2.05) is 42.5 Å². The first kappa shape index (κ1) is 25.2. The second kappa shape index (κ2) is 11.5. The summed E-state index contributed by atoms with van der Waals surface area (Å²) in [7, 11) is 1.57. The van der Waals surface area contributed by atoms with Gasteiger partial charge in [0.15, 0.2) is 0 Å². The van der Waals surface area contributed by atoms with Crippen LogP contribution in [0.1, 0.15) is 38.3 Å². The lowest BCUT2D eigenvalue weighted by molar-refractivity contribution is -0.143. The summed E-state index contributed by atoms with van der Waals surface area (Å²) in [4.78, 5) is 24.3. The molecule has 0 aliphatic rings. The van der Waals surface area contributed by atoms with Crippen molar-refractivity contribution in [2.45, 2.75) is 57.8 Å². The molecule has 0 fully saturated rings. The van der Waals surface area contributed by atoms with Crippen molar-refractivity contribution in [1.82, 2.24) is 5.32 Å². The van der Waals surface area contributed by atoms with Gasteiger partial charge in [0.1, 0.15) is 11.4 Å². The van der Waals surface area contributed by atoms with Crippen molar-refractivity contribution in [3.8, 4) is 5.75 Å². The van der Waals surface area contributed by atoms with Crippen molar-refractivity contribution < 1.29 is 29.3 Å². The number of aliphatic hydroxyl groups is 1. The number of ether oxygens (including phenoxy) is 2. The highest BCUT2D eigenvalue weighted by molar-refractivity contribution is 5.70. The smallest absolute Gasteiger partial charge is 0.407 e. The van der Waals surface area contributed by atoms with Crippen LogP contribution < -0.4 is 10.1 Å². The lowest BCUT2D eigenvalue weighted by atomic mass is 9.89. The quantitative estimate of drug-likeness (QED) is 0.516. The van der Waals surface area contributed by atoms with Gasteiger partial charge in [-0.05, 0) is 63.3 Å². The van der Waals surface area contributed by atoms with E-state index in [4.69, 9.17) is 9.47 Å². The summed E-state index contributed by atoms with van der Waals surface area (Å²) in [6, 6.07) is 15.9.